The minimum Gasteiger partial charge on any atom is -0.454 e. The lowest BCUT2D eigenvalue weighted by Gasteiger charge is -2.28. The largest absolute Gasteiger partial charge is 0.454 e. The molecule has 0 saturated heterocycles. The summed E-state index contributed by atoms with van der Waals surface area (Å²) in [5.41, 5.74) is 15.0. The van der Waals surface area contributed by atoms with Crippen LogP contribution in [0.3, 0.4) is 0 Å². The molecule has 1 aliphatic carbocycles. The van der Waals surface area contributed by atoms with Crippen molar-refractivity contribution in [3.63, 3.8) is 0 Å². The number of rotatable bonds is 5. The van der Waals surface area contributed by atoms with Gasteiger partial charge in [-0.2, -0.15) is 0 Å². The molecule has 0 amide bonds. The van der Waals surface area contributed by atoms with Crippen LogP contribution >= 0.6 is 0 Å². The first kappa shape index (κ1) is 29.5. The average molecular weight is 654 g/mol. The van der Waals surface area contributed by atoms with E-state index in [1.807, 2.05) is 6.07 Å². The molecule has 1 heterocycles. The number of furan rings is 1. The molecule has 0 unspecified atom stereocenters. The SMILES string of the molecule is CC1(C)c2ccccc2-c2ccc(N(c3cccc(-c4cccc(-c5cccc6ccccc56)c4)c3)c3cccc4c3oc3ccccc34)cc21. The zero-order valence-corrected chi connectivity index (χ0v) is 28.6. The van der Waals surface area contributed by atoms with E-state index >= 15 is 0 Å². The second-order valence-corrected chi connectivity index (χ2v) is 14.1. The molecule has 1 aliphatic rings. The van der Waals surface area contributed by atoms with E-state index in [0.717, 1.165) is 44.6 Å². The first-order valence-corrected chi connectivity index (χ1v) is 17.7. The highest BCUT2D eigenvalue weighted by Crippen LogP contribution is 2.51. The van der Waals surface area contributed by atoms with Crippen LogP contribution in [-0.2, 0) is 5.41 Å². The number of nitrogens with zero attached hydrogens (tertiary/aromatic N) is 1. The van der Waals surface area contributed by atoms with Crippen LogP contribution in [0.1, 0.15) is 25.0 Å². The van der Waals surface area contributed by atoms with Gasteiger partial charge in [0.05, 0.1) is 5.69 Å². The van der Waals surface area contributed by atoms with Crippen LogP contribution in [0.4, 0.5) is 17.1 Å². The molecule has 2 heteroatoms. The van der Waals surface area contributed by atoms with Crippen molar-refractivity contribution in [1.82, 2.24) is 0 Å². The van der Waals surface area contributed by atoms with Gasteiger partial charge in [-0.05, 0) is 97.7 Å². The molecule has 0 aliphatic heterocycles. The number of para-hydroxylation sites is 2. The van der Waals surface area contributed by atoms with Gasteiger partial charge in [-0.15, -0.1) is 0 Å². The molecule has 0 saturated carbocycles. The molecule has 242 valence electrons. The van der Waals surface area contributed by atoms with Gasteiger partial charge in [0.25, 0.3) is 0 Å². The quantitative estimate of drug-likeness (QED) is 0.184. The van der Waals surface area contributed by atoms with Crippen LogP contribution in [0.5, 0.6) is 0 Å². The summed E-state index contributed by atoms with van der Waals surface area (Å²) in [5, 5.41) is 4.75. The van der Waals surface area contributed by atoms with E-state index in [0.29, 0.717) is 0 Å². The summed E-state index contributed by atoms with van der Waals surface area (Å²) < 4.78 is 6.66. The lowest BCUT2D eigenvalue weighted by molar-refractivity contribution is 0.660. The van der Waals surface area contributed by atoms with E-state index in [4.69, 9.17) is 4.42 Å². The molecule has 2 nitrogen and oxygen atoms in total. The minimum absolute atomic E-state index is 0.122. The van der Waals surface area contributed by atoms with Crippen molar-refractivity contribution in [1.29, 1.82) is 0 Å². The lowest BCUT2D eigenvalue weighted by Crippen LogP contribution is -2.16. The Hall–Kier alpha value is -6.38. The molecule has 0 spiro atoms. The molecule has 0 fully saturated rings. The maximum atomic E-state index is 6.66. The van der Waals surface area contributed by atoms with Gasteiger partial charge in [-0.3, -0.25) is 0 Å². The van der Waals surface area contributed by atoms with Crippen LogP contribution < -0.4 is 4.90 Å². The molecular formula is C49H35NO. The fourth-order valence-electron chi connectivity index (χ4n) is 8.33. The van der Waals surface area contributed by atoms with Crippen molar-refractivity contribution in [2.75, 3.05) is 4.90 Å². The third kappa shape index (κ3) is 4.64. The summed E-state index contributed by atoms with van der Waals surface area (Å²) in [4.78, 5) is 2.38. The standard InChI is InChI=1S/C49H35NO/c1-49(2)44-24-7-5-20-40(44)41-28-27-37(31-45(41)49)50(46-25-12-23-43-42-21-6-8-26-47(42)51-48(43)46)36-18-10-16-34(30-36)33-15-9-17-35(29-33)39-22-11-14-32-13-3-4-19-38(32)39/h3-31H,1-2H3. The van der Waals surface area contributed by atoms with Crippen molar-refractivity contribution >= 4 is 49.8 Å². The normalized spacial score (nSPS) is 13.1. The maximum Gasteiger partial charge on any atom is 0.159 e. The molecule has 8 aromatic carbocycles. The minimum atomic E-state index is -0.122. The third-order valence-electron chi connectivity index (χ3n) is 10.9. The highest BCUT2D eigenvalue weighted by molar-refractivity contribution is 6.10. The van der Waals surface area contributed by atoms with E-state index in [1.54, 1.807) is 0 Å². The number of anilines is 3. The summed E-state index contributed by atoms with van der Waals surface area (Å²) in [6.45, 7) is 4.69. The van der Waals surface area contributed by atoms with Gasteiger partial charge in [0, 0.05) is 27.6 Å². The highest BCUT2D eigenvalue weighted by atomic mass is 16.3. The number of benzene rings is 8. The van der Waals surface area contributed by atoms with Crippen molar-refractivity contribution in [3.8, 4) is 33.4 Å². The predicted octanol–water partition coefficient (Wildman–Crippen LogP) is 13.8. The van der Waals surface area contributed by atoms with E-state index in [1.165, 1.54) is 49.7 Å². The maximum absolute atomic E-state index is 6.66. The Labute approximate surface area is 297 Å². The second kappa shape index (κ2) is 11.3. The average Bonchev–Trinajstić information content (AvgIpc) is 3.67. The van der Waals surface area contributed by atoms with Crippen molar-refractivity contribution < 1.29 is 4.42 Å². The molecule has 0 bridgehead atoms. The zero-order chi connectivity index (χ0) is 34.1. The molecule has 0 radical (unpaired) electrons. The number of hydrogen-bond acceptors (Lipinski definition) is 2. The third-order valence-corrected chi connectivity index (χ3v) is 10.9. The van der Waals surface area contributed by atoms with E-state index in [2.05, 4.69) is 189 Å². The Morgan fingerprint density at radius 3 is 1.98 bits per heavy atom. The van der Waals surface area contributed by atoms with E-state index < -0.39 is 0 Å². The summed E-state index contributed by atoms with van der Waals surface area (Å²) >= 11 is 0. The molecule has 10 rings (SSSR count). The molecule has 1 aromatic heterocycles. The lowest BCUT2D eigenvalue weighted by atomic mass is 9.82. The van der Waals surface area contributed by atoms with Gasteiger partial charge >= 0.3 is 0 Å². The van der Waals surface area contributed by atoms with E-state index in [-0.39, 0.29) is 5.41 Å². The van der Waals surface area contributed by atoms with Crippen LogP contribution in [0.15, 0.2) is 180 Å². The van der Waals surface area contributed by atoms with Crippen LogP contribution in [0.25, 0.3) is 66.1 Å². The van der Waals surface area contributed by atoms with Gasteiger partial charge in [0.2, 0.25) is 0 Å². The fourth-order valence-corrected chi connectivity index (χ4v) is 8.33. The van der Waals surface area contributed by atoms with Gasteiger partial charge in [-0.1, -0.05) is 147 Å². The van der Waals surface area contributed by atoms with Crippen LogP contribution in [0, 0.1) is 0 Å². The second-order valence-electron chi connectivity index (χ2n) is 14.1. The number of fused-ring (bicyclic) bond motifs is 7. The Morgan fingerprint density at radius 1 is 0.431 bits per heavy atom. The van der Waals surface area contributed by atoms with Crippen molar-refractivity contribution in [3.05, 3.63) is 187 Å². The molecular weight excluding hydrogens is 619 g/mol. The highest BCUT2D eigenvalue weighted by Gasteiger charge is 2.36. The predicted molar refractivity (Wildman–Crippen MR) is 214 cm³/mol. The summed E-state index contributed by atoms with van der Waals surface area (Å²) in [7, 11) is 0. The number of hydrogen-bond donors (Lipinski definition) is 0. The molecule has 0 atom stereocenters. The summed E-state index contributed by atoms with van der Waals surface area (Å²) in [6, 6.07) is 63.7. The van der Waals surface area contributed by atoms with Gasteiger partial charge < -0.3 is 9.32 Å². The first-order chi connectivity index (χ1) is 25.0. The fraction of sp³-hybridized carbons (Fsp3) is 0.0612. The van der Waals surface area contributed by atoms with Crippen LogP contribution in [-0.4, -0.2) is 0 Å². The molecule has 9 aromatic rings. The Morgan fingerprint density at radius 2 is 1.06 bits per heavy atom. The Balaban J connectivity index is 1.16. The summed E-state index contributed by atoms with van der Waals surface area (Å²) in [6.07, 6.45) is 0. The monoisotopic (exact) mass is 653 g/mol. The Bertz CT molecular complexity index is 2800. The van der Waals surface area contributed by atoms with E-state index in [9.17, 15) is 0 Å². The zero-order valence-electron chi connectivity index (χ0n) is 28.6. The molecule has 51 heavy (non-hydrogen) atoms. The van der Waals surface area contributed by atoms with Gasteiger partial charge in [0.1, 0.15) is 5.58 Å². The van der Waals surface area contributed by atoms with Gasteiger partial charge in [0.15, 0.2) is 5.58 Å². The molecule has 0 N–H and O–H groups in total. The van der Waals surface area contributed by atoms with Crippen molar-refractivity contribution in [2.24, 2.45) is 0 Å². The van der Waals surface area contributed by atoms with Gasteiger partial charge in [-0.25, -0.2) is 0 Å². The topological polar surface area (TPSA) is 16.4 Å². The Kier molecular flexibility index (Phi) is 6.56. The van der Waals surface area contributed by atoms with Crippen LogP contribution in [0.2, 0.25) is 0 Å². The smallest absolute Gasteiger partial charge is 0.159 e. The first-order valence-electron chi connectivity index (χ1n) is 17.7. The summed E-state index contributed by atoms with van der Waals surface area (Å²) in [5.74, 6) is 0. The van der Waals surface area contributed by atoms with Crippen molar-refractivity contribution in [2.45, 2.75) is 19.3 Å².